The summed E-state index contributed by atoms with van der Waals surface area (Å²) >= 11 is 0. The standard InChI is InChI=1S/C13H18N2/c1-2-10-9-11(7-8-14)15-13-6-4-3-5-12(10)13/h3-6,9-10,15H,2,7-8,14H2,1H3. The molecule has 1 heterocycles. The lowest BCUT2D eigenvalue weighted by Gasteiger charge is -2.25. The van der Waals surface area contributed by atoms with Crippen LogP contribution in [0.2, 0.25) is 0 Å². The number of benzene rings is 1. The van der Waals surface area contributed by atoms with E-state index in [1.807, 2.05) is 0 Å². The van der Waals surface area contributed by atoms with E-state index in [0.29, 0.717) is 12.5 Å². The zero-order valence-electron chi connectivity index (χ0n) is 9.16. The number of hydrogen-bond donors (Lipinski definition) is 2. The minimum Gasteiger partial charge on any atom is -0.359 e. The third-order valence-corrected chi connectivity index (χ3v) is 2.91. The number of rotatable bonds is 3. The normalized spacial score (nSPS) is 19.1. The van der Waals surface area contributed by atoms with Gasteiger partial charge >= 0.3 is 0 Å². The molecule has 0 saturated heterocycles. The van der Waals surface area contributed by atoms with Crippen molar-refractivity contribution in [1.29, 1.82) is 0 Å². The lowest BCUT2D eigenvalue weighted by molar-refractivity contribution is 0.777. The molecule has 1 atom stereocenters. The minimum atomic E-state index is 0.545. The van der Waals surface area contributed by atoms with E-state index in [2.05, 4.69) is 42.6 Å². The topological polar surface area (TPSA) is 38.0 Å². The average Bonchev–Trinajstić information content (AvgIpc) is 2.28. The van der Waals surface area contributed by atoms with Gasteiger partial charge in [0, 0.05) is 17.3 Å². The SMILES string of the molecule is CCC1C=C(CCN)Nc2ccccc21. The van der Waals surface area contributed by atoms with Gasteiger partial charge in [-0.25, -0.2) is 0 Å². The molecule has 1 aliphatic rings. The highest BCUT2D eigenvalue weighted by Gasteiger charge is 2.17. The van der Waals surface area contributed by atoms with Gasteiger partial charge in [0.15, 0.2) is 0 Å². The van der Waals surface area contributed by atoms with E-state index in [1.54, 1.807) is 0 Å². The van der Waals surface area contributed by atoms with Gasteiger partial charge in [-0.3, -0.25) is 0 Å². The van der Waals surface area contributed by atoms with Crippen LogP contribution in [0, 0.1) is 0 Å². The fourth-order valence-corrected chi connectivity index (χ4v) is 2.12. The molecule has 2 rings (SSSR count). The van der Waals surface area contributed by atoms with Gasteiger partial charge in [0.2, 0.25) is 0 Å². The van der Waals surface area contributed by atoms with Crippen LogP contribution < -0.4 is 11.1 Å². The summed E-state index contributed by atoms with van der Waals surface area (Å²) in [7, 11) is 0. The number of nitrogens with two attached hydrogens (primary N) is 1. The minimum absolute atomic E-state index is 0.545. The third kappa shape index (κ3) is 2.05. The lowest BCUT2D eigenvalue weighted by Crippen LogP contribution is -2.14. The molecular formula is C13H18N2. The summed E-state index contributed by atoms with van der Waals surface area (Å²) in [6, 6.07) is 8.52. The number of hydrogen-bond acceptors (Lipinski definition) is 2. The first-order valence-electron chi connectivity index (χ1n) is 5.62. The zero-order valence-corrected chi connectivity index (χ0v) is 9.16. The molecule has 2 nitrogen and oxygen atoms in total. The fraction of sp³-hybridized carbons (Fsp3) is 0.385. The Balaban J connectivity index is 2.30. The van der Waals surface area contributed by atoms with E-state index >= 15 is 0 Å². The third-order valence-electron chi connectivity index (χ3n) is 2.91. The van der Waals surface area contributed by atoms with Gasteiger partial charge in [0.25, 0.3) is 0 Å². The Morgan fingerprint density at radius 3 is 2.87 bits per heavy atom. The second-order valence-electron chi connectivity index (χ2n) is 3.96. The highest BCUT2D eigenvalue weighted by Crippen LogP contribution is 2.34. The van der Waals surface area contributed by atoms with Crippen molar-refractivity contribution in [2.24, 2.45) is 5.73 Å². The molecule has 0 amide bonds. The molecule has 1 unspecified atom stereocenters. The Morgan fingerprint density at radius 2 is 2.13 bits per heavy atom. The fourth-order valence-electron chi connectivity index (χ4n) is 2.12. The van der Waals surface area contributed by atoms with Crippen LogP contribution >= 0.6 is 0 Å². The summed E-state index contributed by atoms with van der Waals surface area (Å²) < 4.78 is 0. The van der Waals surface area contributed by atoms with Crippen LogP contribution in [-0.4, -0.2) is 6.54 Å². The Bertz CT molecular complexity index is 369. The predicted molar refractivity (Wildman–Crippen MR) is 64.9 cm³/mol. The second kappa shape index (κ2) is 4.49. The van der Waals surface area contributed by atoms with Gasteiger partial charge in [0.05, 0.1) is 0 Å². The molecule has 0 fully saturated rings. The molecule has 0 saturated carbocycles. The zero-order chi connectivity index (χ0) is 10.7. The summed E-state index contributed by atoms with van der Waals surface area (Å²) in [4.78, 5) is 0. The van der Waals surface area contributed by atoms with Gasteiger partial charge in [0.1, 0.15) is 0 Å². The number of allylic oxidation sites excluding steroid dienone is 1. The molecule has 0 spiro atoms. The van der Waals surface area contributed by atoms with Crippen LogP contribution in [0.3, 0.4) is 0 Å². The Hall–Kier alpha value is -1.28. The summed E-state index contributed by atoms with van der Waals surface area (Å²) in [5.41, 5.74) is 9.50. The van der Waals surface area contributed by atoms with Crippen LogP contribution in [-0.2, 0) is 0 Å². The van der Waals surface area contributed by atoms with Crippen LogP contribution in [0.25, 0.3) is 0 Å². The predicted octanol–water partition coefficient (Wildman–Crippen LogP) is 2.84. The molecule has 0 bridgehead atoms. The number of anilines is 1. The van der Waals surface area contributed by atoms with Crippen molar-refractivity contribution in [2.45, 2.75) is 25.7 Å². The molecule has 1 aromatic rings. The summed E-state index contributed by atoms with van der Waals surface area (Å²) in [5.74, 6) is 0.545. The molecule has 2 heteroatoms. The maximum atomic E-state index is 5.59. The molecule has 80 valence electrons. The van der Waals surface area contributed by atoms with Crippen LogP contribution in [0.1, 0.15) is 31.2 Å². The largest absolute Gasteiger partial charge is 0.359 e. The molecule has 0 radical (unpaired) electrons. The average molecular weight is 202 g/mol. The first kappa shape index (κ1) is 10.2. The van der Waals surface area contributed by atoms with Crippen molar-refractivity contribution in [3.05, 3.63) is 41.6 Å². The molecule has 0 aromatic heterocycles. The van der Waals surface area contributed by atoms with E-state index in [-0.39, 0.29) is 0 Å². The van der Waals surface area contributed by atoms with Gasteiger partial charge in [-0.1, -0.05) is 31.2 Å². The van der Waals surface area contributed by atoms with Crippen molar-refractivity contribution < 1.29 is 0 Å². The van der Waals surface area contributed by atoms with Gasteiger partial charge in [-0.2, -0.15) is 0 Å². The quantitative estimate of drug-likeness (QED) is 0.791. The first-order chi connectivity index (χ1) is 7.35. The summed E-state index contributed by atoms with van der Waals surface area (Å²) in [6.45, 7) is 2.93. The van der Waals surface area contributed by atoms with Gasteiger partial charge < -0.3 is 11.1 Å². The molecule has 1 aliphatic heterocycles. The molecule has 0 aliphatic carbocycles. The lowest BCUT2D eigenvalue weighted by atomic mass is 9.90. The molecule has 3 N–H and O–H groups in total. The maximum absolute atomic E-state index is 5.59. The van der Waals surface area contributed by atoms with Gasteiger partial charge in [-0.05, 0) is 31.0 Å². The Morgan fingerprint density at radius 1 is 1.33 bits per heavy atom. The van der Waals surface area contributed by atoms with E-state index in [1.165, 1.54) is 16.9 Å². The van der Waals surface area contributed by atoms with Crippen molar-refractivity contribution >= 4 is 5.69 Å². The summed E-state index contributed by atoms with van der Waals surface area (Å²) in [5, 5.41) is 3.44. The van der Waals surface area contributed by atoms with E-state index < -0.39 is 0 Å². The second-order valence-corrected chi connectivity index (χ2v) is 3.96. The number of para-hydroxylation sites is 1. The van der Waals surface area contributed by atoms with Crippen LogP contribution in [0.5, 0.6) is 0 Å². The number of fused-ring (bicyclic) bond motifs is 1. The van der Waals surface area contributed by atoms with E-state index in [4.69, 9.17) is 5.73 Å². The van der Waals surface area contributed by atoms with Crippen molar-refractivity contribution in [1.82, 2.24) is 0 Å². The highest BCUT2D eigenvalue weighted by molar-refractivity contribution is 5.60. The molecular weight excluding hydrogens is 184 g/mol. The smallest absolute Gasteiger partial charge is 0.0420 e. The maximum Gasteiger partial charge on any atom is 0.0420 e. The highest BCUT2D eigenvalue weighted by atomic mass is 14.9. The monoisotopic (exact) mass is 202 g/mol. The Kier molecular flexibility index (Phi) is 3.07. The summed E-state index contributed by atoms with van der Waals surface area (Å²) in [6.07, 6.45) is 4.40. The number of nitrogens with one attached hydrogen (secondary N) is 1. The van der Waals surface area contributed by atoms with Crippen LogP contribution in [0.15, 0.2) is 36.0 Å². The first-order valence-corrected chi connectivity index (χ1v) is 5.62. The van der Waals surface area contributed by atoms with Crippen LogP contribution in [0.4, 0.5) is 5.69 Å². The molecule has 1 aromatic carbocycles. The van der Waals surface area contributed by atoms with Crippen molar-refractivity contribution in [3.8, 4) is 0 Å². The van der Waals surface area contributed by atoms with Crippen molar-refractivity contribution in [2.75, 3.05) is 11.9 Å². The van der Waals surface area contributed by atoms with E-state index in [9.17, 15) is 0 Å². The Labute approximate surface area is 91.2 Å². The van der Waals surface area contributed by atoms with Crippen molar-refractivity contribution in [3.63, 3.8) is 0 Å². The van der Waals surface area contributed by atoms with Gasteiger partial charge in [-0.15, -0.1) is 0 Å². The van der Waals surface area contributed by atoms with E-state index in [0.717, 1.165) is 12.8 Å². The molecule has 15 heavy (non-hydrogen) atoms.